The molecule has 1 aromatic carbocycles. The average Bonchev–Trinajstić information content (AvgIpc) is 2.30. The highest BCUT2D eigenvalue weighted by Crippen LogP contribution is 2.16. The maximum atomic E-state index is 6.12. The van der Waals surface area contributed by atoms with Crippen LogP contribution in [0.15, 0.2) is 18.2 Å². The monoisotopic (exact) mass is 257 g/mol. The number of hydrogen-bond acceptors (Lipinski definition) is 3. The van der Waals surface area contributed by atoms with Crippen LogP contribution in [0.5, 0.6) is 0 Å². The maximum absolute atomic E-state index is 6.12. The lowest BCUT2D eigenvalue weighted by atomic mass is 10.1. The molecule has 1 N–H and O–H groups in total. The molecule has 0 saturated carbocycles. The van der Waals surface area contributed by atoms with E-state index in [2.05, 4.69) is 17.4 Å². The minimum atomic E-state index is 0.642. The van der Waals surface area contributed by atoms with Crippen molar-refractivity contribution < 1.29 is 9.47 Å². The van der Waals surface area contributed by atoms with Crippen molar-refractivity contribution in [1.82, 2.24) is 5.32 Å². The number of ether oxygens (including phenoxy) is 2. The van der Waals surface area contributed by atoms with Gasteiger partial charge in [0.2, 0.25) is 0 Å². The zero-order valence-corrected chi connectivity index (χ0v) is 11.2. The maximum Gasteiger partial charge on any atom is 0.0700 e. The third-order valence-electron chi connectivity index (χ3n) is 2.38. The summed E-state index contributed by atoms with van der Waals surface area (Å²) in [5.74, 6) is 0. The van der Waals surface area contributed by atoms with Crippen LogP contribution in [0.3, 0.4) is 0 Å². The van der Waals surface area contributed by atoms with Crippen molar-refractivity contribution >= 4 is 11.6 Å². The van der Waals surface area contributed by atoms with Crippen molar-refractivity contribution in [2.75, 3.05) is 33.5 Å². The summed E-state index contributed by atoms with van der Waals surface area (Å²) in [4.78, 5) is 0. The van der Waals surface area contributed by atoms with Crippen molar-refractivity contribution in [1.29, 1.82) is 0 Å². The zero-order chi connectivity index (χ0) is 12.5. The Balaban J connectivity index is 2.14. The molecule has 0 saturated heterocycles. The van der Waals surface area contributed by atoms with Crippen LogP contribution in [0.25, 0.3) is 0 Å². The first-order valence-electron chi connectivity index (χ1n) is 5.76. The molecule has 17 heavy (non-hydrogen) atoms. The molecule has 0 aliphatic carbocycles. The minimum Gasteiger partial charge on any atom is -0.382 e. The summed E-state index contributed by atoms with van der Waals surface area (Å²) < 4.78 is 10.2. The highest BCUT2D eigenvalue weighted by molar-refractivity contribution is 6.31. The van der Waals surface area contributed by atoms with E-state index in [1.165, 1.54) is 5.56 Å². The van der Waals surface area contributed by atoms with E-state index >= 15 is 0 Å². The van der Waals surface area contributed by atoms with Crippen LogP contribution in [0.2, 0.25) is 5.02 Å². The predicted molar refractivity (Wildman–Crippen MR) is 70.6 cm³/mol. The average molecular weight is 258 g/mol. The Morgan fingerprint density at radius 3 is 2.76 bits per heavy atom. The summed E-state index contributed by atoms with van der Waals surface area (Å²) in [5.41, 5.74) is 2.30. The molecule has 0 aliphatic heterocycles. The zero-order valence-electron chi connectivity index (χ0n) is 10.5. The summed E-state index contributed by atoms with van der Waals surface area (Å²) in [6.07, 6.45) is 0. The Morgan fingerprint density at radius 1 is 1.24 bits per heavy atom. The Bertz CT molecular complexity index is 331. The van der Waals surface area contributed by atoms with Gasteiger partial charge in [-0.3, -0.25) is 0 Å². The summed E-state index contributed by atoms with van der Waals surface area (Å²) in [6, 6.07) is 6.10. The number of aryl methyl sites for hydroxylation is 1. The van der Waals surface area contributed by atoms with E-state index in [1.54, 1.807) is 7.11 Å². The topological polar surface area (TPSA) is 30.5 Å². The Morgan fingerprint density at radius 2 is 2.06 bits per heavy atom. The van der Waals surface area contributed by atoms with Crippen LogP contribution in [-0.4, -0.2) is 33.5 Å². The number of halogens is 1. The molecule has 1 rings (SSSR count). The normalized spacial score (nSPS) is 10.8. The fourth-order valence-corrected chi connectivity index (χ4v) is 1.71. The molecular weight excluding hydrogens is 238 g/mol. The largest absolute Gasteiger partial charge is 0.382 e. The lowest BCUT2D eigenvalue weighted by Crippen LogP contribution is -2.20. The lowest BCUT2D eigenvalue weighted by Gasteiger charge is -2.08. The first-order chi connectivity index (χ1) is 8.24. The third kappa shape index (κ3) is 6.03. The van der Waals surface area contributed by atoms with Gasteiger partial charge in [0.1, 0.15) is 0 Å². The molecule has 0 atom stereocenters. The van der Waals surface area contributed by atoms with Crippen LogP contribution in [0.4, 0.5) is 0 Å². The van der Waals surface area contributed by atoms with Gasteiger partial charge in [0.15, 0.2) is 0 Å². The number of nitrogens with one attached hydrogen (secondary N) is 1. The molecule has 0 spiro atoms. The van der Waals surface area contributed by atoms with Crippen molar-refractivity contribution in [3.05, 3.63) is 34.3 Å². The van der Waals surface area contributed by atoms with Gasteiger partial charge in [0, 0.05) is 25.2 Å². The number of methoxy groups -OCH3 is 1. The second kappa shape index (κ2) is 8.48. The van der Waals surface area contributed by atoms with Crippen LogP contribution in [-0.2, 0) is 16.0 Å². The number of benzene rings is 1. The van der Waals surface area contributed by atoms with E-state index in [-0.39, 0.29) is 0 Å². The second-order valence-corrected chi connectivity index (χ2v) is 4.28. The highest BCUT2D eigenvalue weighted by Gasteiger charge is 1.99. The van der Waals surface area contributed by atoms with E-state index in [0.29, 0.717) is 19.8 Å². The summed E-state index contributed by atoms with van der Waals surface area (Å²) in [7, 11) is 1.67. The molecule has 3 nitrogen and oxygen atoms in total. The number of hydrogen-bond donors (Lipinski definition) is 1. The first kappa shape index (κ1) is 14.5. The molecule has 0 radical (unpaired) electrons. The van der Waals surface area contributed by atoms with Gasteiger partial charge in [-0.1, -0.05) is 23.7 Å². The van der Waals surface area contributed by atoms with Crippen molar-refractivity contribution in [3.8, 4) is 0 Å². The highest BCUT2D eigenvalue weighted by atomic mass is 35.5. The molecule has 0 amide bonds. The molecular formula is C13H20ClNO2. The van der Waals surface area contributed by atoms with Gasteiger partial charge >= 0.3 is 0 Å². The van der Waals surface area contributed by atoms with Gasteiger partial charge in [-0.25, -0.2) is 0 Å². The molecule has 96 valence electrons. The molecule has 0 aromatic heterocycles. The minimum absolute atomic E-state index is 0.642. The molecule has 0 unspecified atom stereocenters. The van der Waals surface area contributed by atoms with E-state index in [9.17, 15) is 0 Å². The van der Waals surface area contributed by atoms with Crippen molar-refractivity contribution in [2.24, 2.45) is 0 Å². The fourth-order valence-electron chi connectivity index (χ4n) is 1.41. The third-order valence-corrected chi connectivity index (χ3v) is 2.73. The predicted octanol–water partition coefficient (Wildman–Crippen LogP) is 2.40. The van der Waals surface area contributed by atoms with E-state index < -0.39 is 0 Å². The lowest BCUT2D eigenvalue weighted by molar-refractivity contribution is 0.0719. The first-order valence-corrected chi connectivity index (χ1v) is 6.14. The molecule has 4 heteroatoms. The molecule has 0 heterocycles. The molecule has 0 fully saturated rings. The van der Waals surface area contributed by atoms with Crippen molar-refractivity contribution in [3.63, 3.8) is 0 Å². The van der Waals surface area contributed by atoms with Crippen LogP contribution < -0.4 is 5.32 Å². The summed E-state index contributed by atoms with van der Waals surface area (Å²) >= 11 is 6.12. The Labute approximate surface area is 108 Å². The van der Waals surface area contributed by atoms with Gasteiger partial charge in [-0.05, 0) is 24.1 Å². The van der Waals surface area contributed by atoms with Gasteiger partial charge in [-0.2, -0.15) is 0 Å². The molecule has 0 bridgehead atoms. The quantitative estimate of drug-likeness (QED) is 0.726. The van der Waals surface area contributed by atoms with Crippen LogP contribution in [0, 0.1) is 6.92 Å². The molecule has 1 aromatic rings. The second-order valence-electron chi connectivity index (χ2n) is 3.88. The Kier molecular flexibility index (Phi) is 7.21. The SMILES string of the molecule is COCCOCCNCc1ccc(C)cc1Cl. The summed E-state index contributed by atoms with van der Waals surface area (Å²) in [6.45, 7) is 5.59. The van der Waals surface area contributed by atoms with Gasteiger partial charge in [0.25, 0.3) is 0 Å². The van der Waals surface area contributed by atoms with E-state index in [1.807, 2.05) is 13.0 Å². The standard InChI is InChI=1S/C13H20ClNO2/c1-11-3-4-12(13(14)9-11)10-15-5-6-17-8-7-16-2/h3-4,9,15H,5-8,10H2,1-2H3. The van der Waals surface area contributed by atoms with E-state index in [0.717, 1.165) is 23.7 Å². The van der Waals surface area contributed by atoms with Crippen LogP contribution in [0.1, 0.15) is 11.1 Å². The Hall–Kier alpha value is -0.610. The number of rotatable bonds is 8. The van der Waals surface area contributed by atoms with Gasteiger partial charge in [-0.15, -0.1) is 0 Å². The van der Waals surface area contributed by atoms with Crippen LogP contribution >= 0.6 is 11.6 Å². The van der Waals surface area contributed by atoms with Gasteiger partial charge < -0.3 is 14.8 Å². The molecule has 0 aliphatic rings. The van der Waals surface area contributed by atoms with Gasteiger partial charge in [0.05, 0.1) is 19.8 Å². The summed E-state index contributed by atoms with van der Waals surface area (Å²) in [5, 5.41) is 4.11. The van der Waals surface area contributed by atoms with E-state index in [4.69, 9.17) is 21.1 Å². The van der Waals surface area contributed by atoms with Crippen molar-refractivity contribution in [2.45, 2.75) is 13.5 Å². The fraction of sp³-hybridized carbons (Fsp3) is 0.538. The smallest absolute Gasteiger partial charge is 0.0700 e.